The summed E-state index contributed by atoms with van der Waals surface area (Å²) in [6.07, 6.45) is 4.16. The third kappa shape index (κ3) is 3.40. The average molecular weight is 379 g/mol. The van der Waals surface area contributed by atoms with Crippen LogP contribution in [0.3, 0.4) is 0 Å². The summed E-state index contributed by atoms with van der Waals surface area (Å²) in [4.78, 5) is 18.9. The van der Waals surface area contributed by atoms with Crippen molar-refractivity contribution in [2.45, 2.75) is 6.42 Å². The molecule has 2 N–H and O–H groups in total. The molecule has 0 unspecified atom stereocenters. The summed E-state index contributed by atoms with van der Waals surface area (Å²) < 4.78 is 1.76. The van der Waals surface area contributed by atoms with Crippen LogP contribution in [0.2, 0.25) is 0 Å². The van der Waals surface area contributed by atoms with Gasteiger partial charge >= 0.3 is 0 Å². The molecule has 0 aliphatic carbocycles. The average Bonchev–Trinajstić information content (AvgIpc) is 2.88. The minimum atomic E-state index is -0.0784. The van der Waals surface area contributed by atoms with Gasteiger partial charge in [-0.05, 0) is 37.9 Å². The van der Waals surface area contributed by atoms with Crippen molar-refractivity contribution in [3.05, 3.63) is 37.4 Å². The highest BCUT2D eigenvalue weighted by molar-refractivity contribution is 9.12. The number of halogens is 2. The second-order valence-electron chi connectivity index (χ2n) is 3.28. The molecule has 0 saturated carbocycles. The van der Waals surface area contributed by atoms with Gasteiger partial charge in [-0.2, -0.15) is 0 Å². The number of H-pyrrole nitrogens is 1. The van der Waals surface area contributed by atoms with Gasteiger partial charge in [0.2, 0.25) is 0 Å². The zero-order valence-corrected chi connectivity index (χ0v) is 12.7. The van der Waals surface area contributed by atoms with E-state index in [1.54, 1.807) is 18.5 Å². The van der Waals surface area contributed by atoms with Crippen LogP contribution in [0.15, 0.2) is 26.0 Å². The van der Waals surface area contributed by atoms with Gasteiger partial charge in [-0.15, -0.1) is 11.3 Å². The van der Waals surface area contributed by atoms with Crippen molar-refractivity contribution in [1.29, 1.82) is 0 Å². The van der Waals surface area contributed by atoms with Gasteiger partial charge in [0.1, 0.15) is 5.82 Å². The van der Waals surface area contributed by atoms with Crippen LogP contribution < -0.4 is 5.32 Å². The molecule has 2 rings (SSSR count). The molecule has 4 nitrogen and oxygen atoms in total. The molecular weight excluding hydrogens is 370 g/mol. The van der Waals surface area contributed by atoms with Gasteiger partial charge in [-0.1, -0.05) is 0 Å². The van der Waals surface area contributed by atoms with Crippen LogP contribution in [0, 0.1) is 0 Å². The Morgan fingerprint density at radius 3 is 2.94 bits per heavy atom. The third-order valence-electron chi connectivity index (χ3n) is 2.10. The molecule has 0 aromatic carbocycles. The van der Waals surface area contributed by atoms with E-state index in [0.29, 0.717) is 18.5 Å². The van der Waals surface area contributed by atoms with Gasteiger partial charge in [-0.25, -0.2) is 4.98 Å². The van der Waals surface area contributed by atoms with Crippen molar-refractivity contribution in [2.75, 3.05) is 6.54 Å². The van der Waals surface area contributed by atoms with Gasteiger partial charge in [0, 0.05) is 25.4 Å². The lowest BCUT2D eigenvalue weighted by Crippen LogP contribution is -2.25. The second-order valence-corrected chi connectivity index (χ2v) is 7.03. The molecule has 2 aromatic rings. The van der Waals surface area contributed by atoms with Crippen LogP contribution >= 0.6 is 43.2 Å². The predicted molar refractivity (Wildman–Crippen MR) is 74.3 cm³/mol. The fraction of sp³-hybridized carbons (Fsp3) is 0.200. The Hall–Kier alpha value is -0.660. The van der Waals surface area contributed by atoms with E-state index in [4.69, 9.17) is 0 Å². The number of aromatic nitrogens is 2. The lowest BCUT2D eigenvalue weighted by atomic mass is 10.3. The molecule has 0 bridgehead atoms. The zero-order chi connectivity index (χ0) is 12.3. The predicted octanol–water partition coefficient (Wildman–Crippen LogP) is 2.97. The van der Waals surface area contributed by atoms with Crippen molar-refractivity contribution >= 4 is 49.1 Å². The van der Waals surface area contributed by atoms with Crippen molar-refractivity contribution in [3.63, 3.8) is 0 Å². The fourth-order valence-electron chi connectivity index (χ4n) is 1.32. The number of imidazole rings is 1. The van der Waals surface area contributed by atoms with Crippen LogP contribution in [0.4, 0.5) is 0 Å². The van der Waals surface area contributed by atoms with Gasteiger partial charge in [0.05, 0.1) is 13.1 Å². The summed E-state index contributed by atoms with van der Waals surface area (Å²) >= 11 is 8.18. The molecule has 1 amide bonds. The molecule has 2 heterocycles. The SMILES string of the molecule is O=C(NCCc1ncc[nH]1)c1cc(Br)sc1Br. The van der Waals surface area contributed by atoms with E-state index >= 15 is 0 Å². The number of hydrogen-bond acceptors (Lipinski definition) is 3. The highest BCUT2D eigenvalue weighted by Crippen LogP contribution is 2.31. The monoisotopic (exact) mass is 377 g/mol. The number of nitrogens with one attached hydrogen (secondary N) is 2. The number of carbonyl (C=O) groups is 1. The number of rotatable bonds is 4. The molecule has 17 heavy (non-hydrogen) atoms. The van der Waals surface area contributed by atoms with Crippen LogP contribution in [0.5, 0.6) is 0 Å². The summed E-state index contributed by atoms with van der Waals surface area (Å²) in [5, 5.41) is 2.85. The number of thiophene rings is 1. The van der Waals surface area contributed by atoms with Gasteiger partial charge in [0.25, 0.3) is 5.91 Å². The molecular formula is C10H9Br2N3OS. The van der Waals surface area contributed by atoms with Crippen molar-refractivity contribution in [1.82, 2.24) is 15.3 Å². The highest BCUT2D eigenvalue weighted by Gasteiger charge is 2.12. The maximum Gasteiger partial charge on any atom is 0.253 e. The summed E-state index contributed by atoms with van der Waals surface area (Å²) in [7, 11) is 0. The van der Waals surface area contributed by atoms with Crippen molar-refractivity contribution in [2.24, 2.45) is 0 Å². The Morgan fingerprint density at radius 2 is 2.35 bits per heavy atom. The number of carbonyl (C=O) groups excluding carboxylic acids is 1. The molecule has 0 fully saturated rings. The number of amides is 1. The first-order valence-electron chi connectivity index (χ1n) is 4.88. The van der Waals surface area contributed by atoms with E-state index in [-0.39, 0.29) is 5.91 Å². The molecule has 7 heteroatoms. The molecule has 90 valence electrons. The Morgan fingerprint density at radius 1 is 1.53 bits per heavy atom. The lowest BCUT2D eigenvalue weighted by molar-refractivity contribution is 0.0954. The van der Waals surface area contributed by atoms with Crippen LogP contribution in [0.25, 0.3) is 0 Å². The van der Waals surface area contributed by atoms with E-state index < -0.39 is 0 Å². The molecule has 2 aromatic heterocycles. The number of hydrogen-bond donors (Lipinski definition) is 2. The summed E-state index contributed by atoms with van der Waals surface area (Å²) in [5.41, 5.74) is 0.654. The van der Waals surface area contributed by atoms with Crippen molar-refractivity contribution in [3.8, 4) is 0 Å². The third-order valence-corrected chi connectivity index (χ3v) is 4.44. The Balaban J connectivity index is 1.87. The van der Waals surface area contributed by atoms with Crippen LogP contribution in [-0.4, -0.2) is 22.4 Å². The summed E-state index contributed by atoms with van der Waals surface area (Å²) in [5.74, 6) is 0.793. The van der Waals surface area contributed by atoms with Gasteiger partial charge in [0.15, 0.2) is 0 Å². The molecule has 0 saturated heterocycles. The van der Waals surface area contributed by atoms with E-state index in [0.717, 1.165) is 13.4 Å². The van der Waals surface area contributed by atoms with Crippen LogP contribution in [0.1, 0.15) is 16.2 Å². The van der Waals surface area contributed by atoms with Crippen molar-refractivity contribution < 1.29 is 4.79 Å². The first-order chi connectivity index (χ1) is 8.16. The zero-order valence-electron chi connectivity index (χ0n) is 8.67. The fourth-order valence-corrected chi connectivity index (χ4v) is 4.11. The number of nitrogens with zero attached hydrogens (tertiary/aromatic N) is 1. The highest BCUT2D eigenvalue weighted by atomic mass is 79.9. The maximum absolute atomic E-state index is 11.8. The smallest absolute Gasteiger partial charge is 0.253 e. The number of aromatic amines is 1. The first kappa shape index (κ1) is 12.8. The quantitative estimate of drug-likeness (QED) is 0.859. The minimum Gasteiger partial charge on any atom is -0.352 e. The van der Waals surface area contributed by atoms with E-state index in [1.165, 1.54) is 11.3 Å². The van der Waals surface area contributed by atoms with Gasteiger partial charge in [-0.3, -0.25) is 4.79 Å². The molecule has 0 spiro atoms. The minimum absolute atomic E-state index is 0.0784. The largest absolute Gasteiger partial charge is 0.352 e. The first-order valence-corrected chi connectivity index (χ1v) is 7.28. The van der Waals surface area contributed by atoms with E-state index in [9.17, 15) is 4.79 Å². The lowest BCUT2D eigenvalue weighted by Gasteiger charge is -2.02. The van der Waals surface area contributed by atoms with E-state index in [1.807, 2.05) is 0 Å². The summed E-state index contributed by atoms with van der Waals surface area (Å²) in [6, 6.07) is 1.80. The maximum atomic E-state index is 11.8. The topological polar surface area (TPSA) is 57.8 Å². The normalized spacial score (nSPS) is 10.5. The Kier molecular flexibility index (Phi) is 4.36. The molecule has 0 aliphatic rings. The van der Waals surface area contributed by atoms with Gasteiger partial charge < -0.3 is 10.3 Å². The van der Waals surface area contributed by atoms with Crippen LogP contribution in [-0.2, 0) is 6.42 Å². The molecule has 0 radical (unpaired) electrons. The second kappa shape index (κ2) is 5.79. The van der Waals surface area contributed by atoms with E-state index in [2.05, 4.69) is 47.1 Å². The Labute approximate surface area is 119 Å². The molecule has 0 aliphatic heterocycles. The summed E-state index contributed by atoms with van der Waals surface area (Å²) in [6.45, 7) is 0.562. The Bertz CT molecular complexity index is 510. The molecule has 0 atom stereocenters. The standard InChI is InChI=1S/C10H9Br2N3OS/c11-7-5-6(9(12)17-7)10(16)15-2-1-8-13-3-4-14-8/h3-5H,1-2H2,(H,13,14)(H,15,16).